The van der Waals surface area contributed by atoms with Gasteiger partial charge in [-0.05, 0) is 26.3 Å². The van der Waals surface area contributed by atoms with Crippen LogP contribution in [0.4, 0.5) is 0 Å². The molecule has 96 valence electrons. The smallest absolute Gasteiger partial charge is 0.0674 e. The van der Waals surface area contributed by atoms with E-state index in [1.807, 2.05) is 0 Å². The third-order valence-corrected chi connectivity index (χ3v) is 3.25. The van der Waals surface area contributed by atoms with Crippen LogP contribution in [0.3, 0.4) is 0 Å². The summed E-state index contributed by atoms with van der Waals surface area (Å²) in [5.74, 6) is 0. The van der Waals surface area contributed by atoms with E-state index in [9.17, 15) is 0 Å². The Kier molecular flexibility index (Phi) is 7.01. The first kappa shape index (κ1) is 13.9. The summed E-state index contributed by atoms with van der Waals surface area (Å²) in [4.78, 5) is 2.61. The molecule has 0 bridgehead atoms. The number of hydrogen-bond donors (Lipinski definition) is 1. The van der Waals surface area contributed by atoms with E-state index in [0.29, 0.717) is 12.1 Å². The third kappa shape index (κ3) is 4.81. The molecular weight excluding hydrogens is 200 g/mol. The summed E-state index contributed by atoms with van der Waals surface area (Å²) in [6.07, 6.45) is 4.13. The fourth-order valence-corrected chi connectivity index (χ4v) is 2.42. The molecule has 0 aromatic heterocycles. The maximum atomic E-state index is 5.70. The van der Waals surface area contributed by atoms with Crippen LogP contribution >= 0.6 is 0 Å². The SMILES string of the molecule is CCCC(CNCC)N1CCCOC(C)C1. The van der Waals surface area contributed by atoms with E-state index < -0.39 is 0 Å². The Labute approximate surface area is 101 Å². The second kappa shape index (κ2) is 8.04. The van der Waals surface area contributed by atoms with Gasteiger partial charge in [0.15, 0.2) is 0 Å². The van der Waals surface area contributed by atoms with Crippen molar-refractivity contribution in [2.24, 2.45) is 0 Å². The minimum atomic E-state index is 0.392. The number of hydrogen-bond acceptors (Lipinski definition) is 3. The molecule has 0 aromatic carbocycles. The fraction of sp³-hybridized carbons (Fsp3) is 1.00. The van der Waals surface area contributed by atoms with Crippen LogP contribution in [-0.2, 0) is 4.74 Å². The van der Waals surface area contributed by atoms with Crippen LogP contribution in [-0.4, -0.2) is 49.8 Å². The summed E-state index contributed by atoms with van der Waals surface area (Å²) in [6, 6.07) is 0.689. The quantitative estimate of drug-likeness (QED) is 0.751. The van der Waals surface area contributed by atoms with Gasteiger partial charge in [0, 0.05) is 32.3 Å². The van der Waals surface area contributed by atoms with Gasteiger partial charge in [-0.1, -0.05) is 20.3 Å². The molecule has 1 rings (SSSR count). The molecule has 0 aliphatic carbocycles. The highest BCUT2D eigenvalue weighted by Gasteiger charge is 2.21. The molecule has 1 fully saturated rings. The van der Waals surface area contributed by atoms with Gasteiger partial charge in [-0.2, -0.15) is 0 Å². The normalized spacial score (nSPS) is 25.3. The zero-order chi connectivity index (χ0) is 11.8. The molecule has 0 spiro atoms. The van der Waals surface area contributed by atoms with Crippen molar-refractivity contribution < 1.29 is 4.74 Å². The molecule has 0 amide bonds. The van der Waals surface area contributed by atoms with E-state index in [2.05, 4.69) is 31.0 Å². The van der Waals surface area contributed by atoms with Crippen LogP contribution in [0.2, 0.25) is 0 Å². The van der Waals surface area contributed by atoms with Crippen molar-refractivity contribution in [3.05, 3.63) is 0 Å². The van der Waals surface area contributed by atoms with Crippen molar-refractivity contribution in [2.45, 2.75) is 52.2 Å². The van der Waals surface area contributed by atoms with Gasteiger partial charge in [0.2, 0.25) is 0 Å². The molecule has 1 aliphatic heterocycles. The Morgan fingerprint density at radius 3 is 2.94 bits per heavy atom. The minimum absolute atomic E-state index is 0.392. The van der Waals surface area contributed by atoms with Crippen LogP contribution < -0.4 is 5.32 Å². The second-order valence-electron chi connectivity index (χ2n) is 4.78. The van der Waals surface area contributed by atoms with Crippen molar-refractivity contribution in [1.29, 1.82) is 0 Å². The molecule has 1 saturated heterocycles. The highest BCUT2D eigenvalue weighted by molar-refractivity contribution is 4.77. The highest BCUT2D eigenvalue weighted by atomic mass is 16.5. The van der Waals surface area contributed by atoms with Crippen molar-refractivity contribution in [1.82, 2.24) is 10.2 Å². The largest absolute Gasteiger partial charge is 0.377 e. The van der Waals surface area contributed by atoms with Crippen molar-refractivity contribution in [3.63, 3.8) is 0 Å². The molecule has 0 aromatic rings. The fourth-order valence-electron chi connectivity index (χ4n) is 2.42. The van der Waals surface area contributed by atoms with Crippen molar-refractivity contribution in [3.8, 4) is 0 Å². The van der Waals surface area contributed by atoms with E-state index in [1.54, 1.807) is 0 Å². The third-order valence-electron chi connectivity index (χ3n) is 3.25. The van der Waals surface area contributed by atoms with Crippen LogP contribution in [0, 0.1) is 0 Å². The average Bonchev–Trinajstić information content (AvgIpc) is 2.49. The molecule has 2 unspecified atom stereocenters. The molecular formula is C13H28N2O. The van der Waals surface area contributed by atoms with Crippen molar-refractivity contribution >= 4 is 0 Å². The second-order valence-corrected chi connectivity index (χ2v) is 4.78. The zero-order valence-corrected chi connectivity index (χ0v) is 11.2. The summed E-state index contributed by atoms with van der Waals surface area (Å²) in [5, 5.41) is 3.48. The molecule has 0 saturated carbocycles. The first-order valence-corrected chi connectivity index (χ1v) is 6.84. The molecule has 2 atom stereocenters. The van der Waals surface area contributed by atoms with E-state index in [0.717, 1.165) is 26.2 Å². The number of nitrogens with one attached hydrogen (secondary N) is 1. The van der Waals surface area contributed by atoms with Gasteiger partial charge < -0.3 is 10.1 Å². The number of likely N-dealkylation sites (N-methyl/N-ethyl adjacent to an activating group) is 1. The van der Waals surface area contributed by atoms with Crippen molar-refractivity contribution in [2.75, 3.05) is 32.8 Å². The summed E-state index contributed by atoms with van der Waals surface area (Å²) in [7, 11) is 0. The van der Waals surface area contributed by atoms with Gasteiger partial charge in [0.05, 0.1) is 6.10 Å². The lowest BCUT2D eigenvalue weighted by Gasteiger charge is -2.31. The topological polar surface area (TPSA) is 24.5 Å². The molecule has 1 aliphatic rings. The molecule has 1 N–H and O–H groups in total. The summed E-state index contributed by atoms with van der Waals surface area (Å²) in [5.41, 5.74) is 0. The Morgan fingerprint density at radius 1 is 1.44 bits per heavy atom. The van der Waals surface area contributed by atoms with Crippen LogP contribution in [0.5, 0.6) is 0 Å². The summed E-state index contributed by atoms with van der Waals surface area (Å²) < 4.78 is 5.70. The van der Waals surface area contributed by atoms with Gasteiger partial charge in [0.25, 0.3) is 0 Å². The lowest BCUT2D eigenvalue weighted by molar-refractivity contribution is 0.0596. The first-order valence-electron chi connectivity index (χ1n) is 6.84. The predicted molar refractivity (Wildman–Crippen MR) is 68.8 cm³/mol. The molecule has 0 radical (unpaired) electrons. The van der Waals surface area contributed by atoms with Gasteiger partial charge in [-0.15, -0.1) is 0 Å². The number of rotatable bonds is 6. The van der Waals surface area contributed by atoms with Gasteiger partial charge in [-0.3, -0.25) is 4.90 Å². The number of ether oxygens (including phenoxy) is 1. The molecule has 1 heterocycles. The van der Waals surface area contributed by atoms with E-state index in [1.165, 1.54) is 25.8 Å². The number of nitrogens with zero attached hydrogens (tertiary/aromatic N) is 1. The lowest BCUT2D eigenvalue weighted by Crippen LogP contribution is -2.44. The maximum Gasteiger partial charge on any atom is 0.0674 e. The van der Waals surface area contributed by atoms with Gasteiger partial charge in [-0.25, -0.2) is 0 Å². The van der Waals surface area contributed by atoms with E-state index >= 15 is 0 Å². The first-order chi connectivity index (χ1) is 7.77. The summed E-state index contributed by atoms with van der Waals surface area (Å²) in [6.45, 7) is 12.0. The monoisotopic (exact) mass is 228 g/mol. The predicted octanol–water partition coefficient (Wildman–Crippen LogP) is 1.88. The summed E-state index contributed by atoms with van der Waals surface area (Å²) >= 11 is 0. The Hall–Kier alpha value is -0.120. The van der Waals surface area contributed by atoms with Crippen LogP contribution in [0.15, 0.2) is 0 Å². The molecule has 3 heteroatoms. The van der Waals surface area contributed by atoms with Gasteiger partial charge in [0.1, 0.15) is 0 Å². The highest BCUT2D eigenvalue weighted by Crippen LogP contribution is 2.12. The lowest BCUT2D eigenvalue weighted by atomic mass is 10.1. The van der Waals surface area contributed by atoms with E-state index in [-0.39, 0.29) is 0 Å². The maximum absolute atomic E-state index is 5.70. The van der Waals surface area contributed by atoms with Gasteiger partial charge >= 0.3 is 0 Å². The standard InChI is InChI=1S/C13H28N2O/c1-4-7-13(10-14-5-2)15-8-6-9-16-12(3)11-15/h12-14H,4-11H2,1-3H3. The average molecular weight is 228 g/mol. The van der Waals surface area contributed by atoms with Crippen LogP contribution in [0.25, 0.3) is 0 Å². The van der Waals surface area contributed by atoms with E-state index in [4.69, 9.17) is 4.74 Å². The Bertz CT molecular complexity index is 175. The molecule has 16 heavy (non-hydrogen) atoms. The van der Waals surface area contributed by atoms with Crippen LogP contribution in [0.1, 0.15) is 40.0 Å². The zero-order valence-electron chi connectivity index (χ0n) is 11.2. The minimum Gasteiger partial charge on any atom is -0.377 e. The molecule has 3 nitrogen and oxygen atoms in total. The Balaban J connectivity index is 2.45. The Morgan fingerprint density at radius 2 is 2.25 bits per heavy atom.